The average molecular weight is 347 g/mol. The van der Waals surface area contributed by atoms with Gasteiger partial charge in [-0.25, -0.2) is 8.78 Å². The first-order valence-electron chi connectivity index (χ1n) is 5.19. The molecule has 0 saturated heterocycles. The van der Waals surface area contributed by atoms with Crippen LogP contribution >= 0.6 is 27.5 Å². The molecule has 6 heteroatoms. The Labute approximate surface area is 121 Å². The Morgan fingerprint density at radius 2 is 1.89 bits per heavy atom. The lowest BCUT2D eigenvalue weighted by atomic mass is 10.2. The molecule has 0 unspecified atom stereocenters. The van der Waals surface area contributed by atoms with E-state index < -0.39 is 17.5 Å². The van der Waals surface area contributed by atoms with E-state index in [4.69, 9.17) is 11.6 Å². The number of halogens is 4. The molecule has 0 heterocycles. The fraction of sp³-hybridized carbons (Fsp3) is 0. The highest BCUT2D eigenvalue weighted by molar-refractivity contribution is 9.10. The van der Waals surface area contributed by atoms with Gasteiger partial charge in [0.15, 0.2) is 0 Å². The number of anilines is 1. The molecule has 0 bridgehead atoms. The Hall–Kier alpha value is -1.46. The standard InChI is InChI=1S/C13H7BrClF2NO/c14-10-4-2-8(16)6-12(10)18-13(19)9-3-1-7(15)5-11(9)17/h1-6H,(H,18,19). The van der Waals surface area contributed by atoms with Crippen LogP contribution in [0.3, 0.4) is 0 Å². The van der Waals surface area contributed by atoms with Crippen molar-refractivity contribution < 1.29 is 13.6 Å². The highest BCUT2D eigenvalue weighted by atomic mass is 79.9. The van der Waals surface area contributed by atoms with Crippen LogP contribution in [0, 0.1) is 11.6 Å². The van der Waals surface area contributed by atoms with Gasteiger partial charge in [0.1, 0.15) is 11.6 Å². The van der Waals surface area contributed by atoms with Crippen molar-refractivity contribution in [2.75, 3.05) is 5.32 Å². The van der Waals surface area contributed by atoms with E-state index in [2.05, 4.69) is 21.2 Å². The van der Waals surface area contributed by atoms with E-state index in [1.165, 1.54) is 24.3 Å². The van der Waals surface area contributed by atoms with Gasteiger partial charge in [0.05, 0.1) is 11.3 Å². The minimum Gasteiger partial charge on any atom is -0.321 e. The van der Waals surface area contributed by atoms with Crippen molar-refractivity contribution in [2.24, 2.45) is 0 Å². The van der Waals surface area contributed by atoms with E-state index in [0.717, 1.165) is 12.1 Å². The lowest BCUT2D eigenvalue weighted by molar-refractivity contribution is 0.102. The van der Waals surface area contributed by atoms with E-state index in [9.17, 15) is 13.6 Å². The quantitative estimate of drug-likeness (QED) is 0.844. The number of amides is 1. The maximum absolute atomic E-state index is 13.6. The molecule has 2 nitrogen and oxygen atoms in total. The zero-order chi connectivity index (χ0) is 14.0. The Kier molecular flexibility index (Phi) is 4.17. The van der Waals surface area contributed by atoms with E-state index in [-0.39, 0.29) is 16.3 Å². The summed E-state index contributed by atoms with van der Waals surface area (Å²) in [5, 5.41) is 2.61. The van der Waals surface area contributed by atoms with Gasteiger partial charge in [0.2, 0.25) is 0 Å². The number of hydrogen-bond acceptors (Lipinski definition) is 1. The van der Waals surface area contributed by atoms with Gasteiger partial charge in [-0.2, -0.15) is 0 Å². The topological polar surface area (TPSA) is 29.1 Å². The summed E-state index contributed by atoms with van der Waals surface area (Å²) in [6.45, 7) is 0. The number of nitrogens with one attached hydrogen (secondary N) is 1. The zero-order valence-electron chi connectivity index (χ0n) is 9.38. The van der Waals surface area contributed by atoms with E-state index >= 15 is 0 Å². The summed E-state index contributed by atoms with van der Waals surface area (Å²) in [6.07, 6.45) is 0. The molecule has 0 aliphatic heterocycles. The van der Waals surface area contributed by atoms with Crippen molar-refractivity contribution in [1.29, 1.82) is 0 Å². The van der Waals surface area contributed by atoms with Crippen molar-refractivity contribution in [3.05, 3.63) is 63.1 Å². The fourth-order valence-corrected chi connectivity index (χ4v) is 1.96. The Morgan fingerprint density at radius 1 is 1.16 bits per heavy atom. The SMILES string of the molecule is O=C(Nc1cc(F)ccc1Br)c1ccc(Cl)cc1F. The molecule has 1 N–H and O–H groups in total. The third-order valence-electron chi connectivity index (χ3n) is 2.35. The van der Waals surface area contributed by atoms with Crippen molar-refractivity contribution >= 4 is 39.1 Å². The average Bonchev–Trinajstić information content (AvgIpc) is 2.33. The highest BCUT2D eigenvalue weighted by Gasteiger charge is 2.13. The molecular weight excluding hydrogens is 340 g/mol. The largest absolute Gasteiger partial charge is 0.321 e. The summed E-state index contributed by atoms with van der Waals surface area (Å²) in [4.78, 5) is 11.9. The number of hydrogen-bond donors (Lipinski definition) is 1. The number of rotatable bonds is 2. The predicted molar refractivity (Wildman–Crippen MR) is 73.5 cm³/mol. The molecule has 0 aliphatic carbocycles. The van der Waals surface area contributed by atoms with Gasteiger partial charge in [0.25, 0.3) is 5.91 Å². The van der Waals surface area contributed by atoms with Crippen LogP contribution in [0.15, 0.2) is 40.9 Å². The molecule has 0 aromatic heterocycles. The van der Waals surface area contributed by atoms with Crippen LogP contribution in [-0.4, -0.2) is 5.91 Å². The summed E-state index contributed by atoms with van der Waals surface area (Å²) < 4.78 is 27.1. The predicted octanol–water partition coefficient (Wildman–Crippen LogP) is 4.63. The van der Waals surface area contributed by atoms with Gasteiger partial charge < -0.3 is 5.32 Å². The van der Waals surface area contributed by atoms with Gasteiger partial charge in [-0.05, 0) is 52.3 Å². The lowest BCUT2D eigenvalue weighted by Crippen LogP contribution is -2.14. The molecule has 2 aromatic carbocycles. The van der Waals surface area contributed by atoms with E-state index in [0.29, 0.717) is 4.47 Å². The van der Waals surface area contributed by atoms with Crippen LogP contribution in [0.2, 0.25) is 5.02 Å². The van der Waals surface area contributed by atoms with E-state index in [1.807, 2.05) is 0 Å². The third-order valence-corrected chi connectivity index (χ3v) is 3.28. The minimum absolute atomic E-state index is 0.166. The molecule has 0 fully saturated rings. The molecule has 2 aromatic rings. The van der Waals surface area contributed by atoms with Crippen molar-refractivity contribution in [2.45, 2.75) is 0 Å². The van der Waals surface area contributed by atoms with E-state index in [1.54, 1.807) is 0 Å². The van der Waals surface area contributed by atoms with Crippen molar-refractivity contribution in [3.63, 3.8) is 0 Å². The van der Waals surface area contributed by atoms with Crippen molar-refractivity contribution in [3.8, 4) is 0 Å². The summed E-state index contributed by atoms with van der Waals surface area (Å²) >= 11 is 8.76. The molecule has 0 atom stereocenters. The second-order valence-electron chi connectivity index (χ2n) is 3.70. The van der Waals surface area contributed by atoms with Crippen molar-refractivity contribution in [1.82, 2.24) is 0 Å². The van der Waals surface area contributed by atoms with Crippen LogP contribution in [0.1, 0.15) is 10.4 Å². The molecule has 0 saturated carbocycles. The van der Waals surface area contributed by atoms with Crippen LogP contribution in [0.5, 0.6) is 0 Å². The first-order valence-corrected chi connectivity index (χ1v) is 6.36. The molecule has 0 aliphatic rings. The van der Waals surface area contributed by atoms with Crippen LogP contribution in [0.25, 0.3) is 0 Å². The van der Waals surface area contributed by atoms with Gasteiger partial charge >= 0.3 is 0 Å². The molecule has 0 radical (unpaired) electrons. The van der Waals surface area contributed by atoms with Gasteiger partial charge in [-0.3, -0.25) is 4.79 Å². The van der Waals surface area contributed by atoms with Gasteiger partial charge in [-0.15, -0.1) is 0 Å². The number of carbonyl (C=O) groups excluding carboxylic acids is 1. The highest BCUT2D eigenvalue weighted by Crippen LogP contribution is 2.24. The molecule has 1 amide bonds. The second kappa shape index (κ2) is 5.67. The first kappa shape index (κ1) is 14.0. The maximum atomic E-state index is 13.6. The summed E-state index contributed by atoms with van der Waals surface area (Å²) in [5.41, 5.74) is 0.0555. The normalized spacial score (nSPS) is 10.3. The van der Waals surface area contributed by atoms with Crippen LogP contribution < -0.4 is 5.32 Å². The zero-order valence-corrected chi connectivity index (χ0v) is 11.7. The first-order chi connectivity index (χ1) is 8.97. The molecule has 0 spiro atoms. The van der Waals surface area contributed by atoms with Crippen LogP contribution in [0.4, 0.5) is 14.5 Å². The Bertz CT molecular complexity index is 649. The molecular formula is C13H7BrClF2NO. The summed E-state index contributed by atoms with van der Waals surface area (Å²) in [6, 6.07) is 7.53. The third kappa shape index (κ3) is 3.30. The number of carbonyl (C=O) groups is 1. The van der Waals surface area contributed by atoms with Crippen LogP contribution in [-0.2, 0) is 0 Å². The molecule has 98 valence electrons. The minimum atomic E-state index is -0.738. The van der Waals surface area contributed by atoms with Gasteiger partial charge in [0, 0.05) is 9.50 Å². The lowest BCUT2D eigenvalue weighted by Gasteiger charge is -2.08. The maximum Gasteiger partial charge on any atom is 0.258 e. The summed E-state index contributed by atoms with van der Waals surface area (Å²) in [7, 11) is 0. The Balaban J connectivity index is 2.28. The smallest absolute Gasteiger partial charge is 0.258 e. The monoisotopic (exact) mass is 345 g/mol. The summed E-state index contributed by atoms with van der Waals surface area (Å²) in [5.74, 6) is -1.92. The second-order valence-corrected chi connectivity index (χ2v) is 4.99. The number of benzene rings is 2. The fourth-order valence-electron chi connectivity index (χ4n) is 1.46. The molecule has 19 heavy (non-hydrogen) atoms. The van der Waals surface area contributed by atoms with Gasteiger partial charge in [-0.1, -0.05) is 11.6 Å². The molecule has 2 rings (SSSR count). The Morgan fingerprint density at radius 3 is 2.58 bits per heavy atom.